The molecule has 1 heterocycles. The van der Waals surface area contributed by atoms with Crippen LogP contribution in [0.5, 0.6) is 28.7 Å². The first kappa shape index (κ1) is 36.6. The van der Waals surface area contributed by atoms with Gasteiger partial charge in [0.1, 0.15) is 22.7 Å². The highest BCUT2D eigenvalue weighted by atomic mass is 32.2. The number of esters is 1. The van der Waals surface area contributed by atoms with E-state index in [-0.39, 0.29) is 46.4 Å². The lowest BCUT2D eigenvalue weighted by Gasteiger charge is -2.25. The number of sulfonamides is 1. The monoisotopic (exact) mass is 724 g/mol. The van der Waals surface area contributed by atoms with Crippen molar-refractivity contribution in [2.75, 3.05) is 42.1 Å². The molecule has 0 saturated carbocycles. The second-order valence-electron chi connectivity index (χ2n) is 10.5. The molecule has 17 heteroatoms. The van der Waals surface area contributed by atoms with Gasteiger partial charge >= 0.3 is 16.1 Å². The Kier molecular flexibility index (Phi) is 11.7. The van der Waals surface area contributed by atoms with Crippen molar-refractivity contribution in [2.24, 2.45) is 0 Å². The lowest BCUT2D eigenvalue weighted by Crippen LogP contribution is -2.51. The summed E-state index contributed by atoms with van der Waals surface area (Å²) in [5, 5.41) is 2.17. The number of carbonyl (C=O) groups is 2. The third kappa shape index (κ3) is 8.08. The predicted octanol–water partition coefficient (Wildman–Crippen LogP) is 2.45. The molecular formula is C31H36N2O12S3. The van der Waals surface area contributed by atoms with Gasteiger partial charge in [-0.15, -0.1) is 0 Å². The van der Waals surface area contributed by atoms with E-state index in [1.807, 2.05) is 0 Å². The van der Waals surface area contributed by atoms with E-state index in [1.54, 1.807) is 0 Å². The highest BCUT2D eigenvalue weighted by Crippen LogP contribution is 2.34. The van der Waals surface area contributed by atoms with Crippen LogP contribution in [0.25, 0.3) is 0 Å². The Hall–Kier alpha value is -4.19. The Bertz CT molecular complexity index is 1850. The number of nitrogens with zero attached hydrogens (tertiary/aromatic N) is 1. The highest BCUT2D eigenvalue weighted by molar-refractivity contribution is 7.89. The van der Waals surface area contributed by atoms with Gasteiger partial charge < -0.3 is 33.2 Å². The summed E-state index contributed by atoms with van der Waals surface area (Å²) in [7, 11) is -1.68. The molecule has 1 aliphatic heterocycles. The van der Waals surface area contributed by atoms with E-state index in [0.29, 0.717) is 17.1 Å². The van der Waals surface area contributed by atoms with Gasteiger partial charge in [-0.1, -0.05) is 12.1 Å². The van der Waals surface area contributed by atoms with E-state index in [9.17, 15) is 26.4 Å². The van der Waals surface area contributed by atoms with E-state index >= 15 is 0 Å². The fraction of sp³-hybridized carbons (Fsp3) is 0.355. The summed E-state index contributed by atoms with van der Waals surface area (Å²) in [5.41, 5.74) is 0.523. The molecule has 14 nitrogen and oxygen atoms in total. The van der Waals surface area contributed by atoms with E-state index < -0.39 is 49.4 Å². The van der Waals surface area contributed by atoms with E-state index in [1.165, 1.54) is 89.1 Å². The normalized spacial score (nSPS) is 17.2. The molecular weight excluding hydrogens is 689 g/mol. The fourth-order valence-corrected chi connectivity index (χ4v) is 8.16. The summed E-state index contributed by atoms with van der Waals surface area (Å²) in [5.74, 6) is -0.409. The second-order valence-corrected chi connectivity index (χ2v) is 14.7. The van der Waals surface area contributed by atoms with Crippen molar-refractivity contribution in [3.63, 3.8) is 0 Å². The molecule has 4 rings (SSSR count). The molecule has 260 valence electrons. The van der Waals surface area contributed by atoms with Gasteiger partial charge in [0.2, 0.25) is 15.9 Å². The topological polar surface area (TPSA) is 173 Å². The molecule has 3 aromatic carbocycles. The molecule has 1 fully saturated rings. The van der Waals surface area contributed by atoms with Crippen molar-refractivity contribution in [2.45, 2.75) is 40.0 Å². The zero-order chi connectivity index (χ0) is 35.2. The minimum Gasteiger partial charge on any atom is -0.493 e. The fourth-order valence-electron chi connectivity index (χ4n) is 5.07. The lowest BCUT2D eigenvalue weighted by molar-refractivity contribution is -0.145. The average Bonchev–Trinajstić information content (AvgIpc) is 3.50. The largest absolute Gasteiger partial charge is 0.493 e. The summed E-state index contributed by atoms with van der Waals surface area (Å²) >= 11 is 4.44. The van der Waals surface area contributed by atoms with Crippen molar-refractivity contribution in [1.29, 1.82) is 0 Å². The smallest absolute Gasteiger partial charge is 0.339 e. The standard InChI is InChI=1S/C31H36N2O12S3/c1-40-26-12-10-22(16-28(26)42-3)47(36,37)33-18-21(46)15-25(33)30(34)32-24(31(35)44-5)14-19-6-8-20(9-7-19)45-48(38,39)23-11-13-27(41-2)29(17-23)43-4/h6-13,16-17,21,24-25,46H,14-15,18H2,1-5H3,(H,32,34)/t21-,24?,25-/m0/s1. The zero-order valence-electron chi connectivity index (χ0n) is 26.7. The van der Waals surface area contributed by atoms with Crippen LogP contribution in [-0.4, -0.2) is 92.4 Å². The molecule has 0 radical (unpaired) electrons. The third-order valence-corrected chi connectivity index (χ3v) is 11.0. The number of benzene rings is 3. The molecule has 1 saturated heterocycles. The van der Waals surface area contributed by atoms with Crippen molar-refractivity contribution in [3.05, 3.63) is 66.2 Å². The molecule has 1 unspecified atom stereocenters. The zero-order valence-corrected chi connectivity index (χ0v) is 29.3. The summed E-state index contributed by atoms with van der Waals surface area (Å²) < 4.78 is 85.1. The van der Waals surface area contributed by atoms with Gasteiger partial charge in [0, 0.05) is 30.3 Å². The maximum atomic E-state index is 13.7. The molecule has 3 aromatic rings. The predicted molar refractivity (Wildman–Crippen MR) is 176 cm³/mol. The summed E-state index contributed by atoms with van der Waals surface area (Å²) in [4.78, 5) is 26.0. The van der Waals surface area contributed by atoms with E-state index in [0.717, 1.165) is 11.4 Å². The van der Waals surface area contributed by atoms with Crippen LogP contribution in [0.1, 0.15) is 12.0 Å². The molecule has 0 bridgehead atoms. The van der Waals surface area contributed by atoms with Crippen LogP contribution in [-0.2, 0) is 40.9 Å². The minimum atomic E-state index is -4.24. The highest BCUT2D eigenvalue weighted by Gasteiger charge is 2.44. The summed E-state index contributed by atoms with van der Waals surface area (Å²) in [6.07, 6.45) is 0.0382. The summed E-state index contributed by atoms with van der Waals surface area (Å²) in [6, 6.07) is 11.6. The van der Waals surface area contributed by atoms with E-state index in [2.05, 4.69) is 17.9 Å². The van der Waals surface area contributed by atoms with Crippen LogP contribution < -0.4 is 28.4 Å². The second kappa shape index (κ2) is 15.4. The number of hydrogen-bond acceptors (Lipinski definition) is 13. The number of carbonyl (C=O) groups excluding carboxylic acids is 2. The van der Waals surface area contributed by atoms with Crippen LogP contribution in [0.3, 0.4) is 0 Å². The Balaban J connectivity index is 1.49. The minimum absolute atomic E-state index is 0.00558. The van der Waals surface area contributed by atoms with Gasteiger partial charge in [0.25, 0.3) is 0 Å². The first-order valence-electron chi connectivity index (χ1n) is 14.3. The maximum absolute atomic E-state index is 13.7. The summed E-state index contributed by atoms with van der Waals surface area (Å²) in [6.45, 7) is -0.0472. The van der Waals surface area contributed by atoms with E-state index in [4.69, 9.17) is 27.9 Å². The van der Waals surface area contributed by atoms with Crippen LogP contribution >= 0.6 is 12.6 Å². The number of methoxy groups -OCH3 is 5. The van der Waals surface area contributed by atoms with Crippen LogP contribution in [0.2, 0.25) is 0 Å². The molecule has 1 aliphatic rings. The molecule has 3 atom stereocenters. The number of nitrogens with one attached hydrogen (secondary N) is 1. The van der Waals surface area contributed by atoms with Crippen LogP contribution in [0, 0.1) is 0 Å². The maximum Gasteiger partial charge on any atom is 0.339 e. The van der Waals surface area contributed by atoms with Gasteiger partial charge in [0.15, 0.2) is 23.0 Å². The SMILES string of the molecule is COC(=O)C(Cc1ccc(OS(=O)(=O)c2ccc(OC)c(OC)c2)cc1)NC(=O)[C@@H]1C[C@H](S)CN1S(=O)(=O)c1ccc(OC)c(OC)c1. The lowest BCUT2D eigenvalue weighted by atomic mass is 10.0. The van der Waals surface area contributed by atoms with Gasteiger partial charge in [-0.2, -0.15) is 25.4 Å². The molecule has 0 spiro atoms. The van der Waals surface area contributed by atoms with Gasteiger partial charge in [-0.05, 0) is 48.4 Å². The first-order chi connectivity index (χ1) is 22.8. The van der Waals surface area contributed by atoms with Gasteiger partial charge in [-0.3, -0.25) is 4.79 Å². The number of ether oxygens (including phenoxy) is 5. The number of hydrogen-bond donors (Lipinski definition) is 2. The van der Waals surface area contributed by atoms with Crippen molar-refractivity contribution in [1.82, 2.24) is 9.62 Å². The molecule has 0 aromatic heterocycles. The van der Waals surface area contributed by atoms with Gasteiger partial charge in [0.05, 0.1) is 40.4 Å². The Labute approximate surface area is 284 Å². The van der Waals surface area contributed by atoms with Gasteiger partial charge in [-0.25, -0.2) is 13.2 Å². The number of rotatable bonds is 14. The van der Waals surface area contributed by atoms with Crippen molar-refractivity contribution < 1.29 is 54.3 Å². The Morgan fingerprint density at radius 2 is 1.35 bits per heavy atom. The molecule has 1 amide bonds. The number of amides is 1. The quantitative estimate of drug-likeness (QED) is 0.142. The molecule has 0 aliphatic carbocycles. The van der Waals surface area contributed by atoms with Crippen LogP contribution in [0.15, 0.2) is 70.5 Å². The van der Waals surface area contributed by atoms with Crippen molar-refractivity contribution >= 4 is 44.6 Å². The molecule has 48 heavy (non-hydrogen) atoms. The Morgan fingerprint density at radius 3 is 1.90 bits per heavy atom. The average molecular weight is 725 g/mol. The first-order valence-corrected chi connectivity index (χ1v) is 17.7. The third-order valence-electron chi connectivity index (χ3n) is 7.51. The number of thiol groups is 1. The van der Waals surface area contributed by atoms with Crippen LogP contribution in [0.4, 0.5) is 0 Å². The molecule has 1 N–H and O–H groups in total. The van der Waals surface area contributed by atoms with Crippen molar-refractivity contribution in [3.8, 4) is 28.7 Å². The Morgan fingerprint density at radius 1 is 0.812 bits per heavy atom.